The van der Waals surface area contributed by atoms with Gasteiger partial charge in [-0.2, -0.15) is 0 Å². The average molecular weight is 456 g/mol. The lowest BCUT2D eigenvalue weighted by Crippen LogP contribution is -2.41. The van der Waals surface area contributed by atoms with Crippen LogP contribution in [0.1, 0.15) is 42.5 Å². The van der Waals surface area contributed by atoms with Crippen molar-refractivity contribution in [2.75, 3.05) is 4.72 Å². The van der Waals surface area contributed by atoms with Crippen LogP contribution in [-0.2, 0) is 22.9 Å². The summed E-state index contributed by atoms with van der Waals surface area (Å²) in [5.74, 6) is -0.900. The Morgan fingerprint density at radius 1 is 0.935 bits per heavy atom. The molecule has 0 unspecified atom stereocenters. The van der Waals surface area contributed by atoms with E-state index >= 15 is 0 Å². The number of nitrogens with one attached hydrogen (secondary N) is 3. The van der Waals surface area contributed by atoms with Crippen LogP contribution >= 0.6 is 11.3 Å². The first kappa shape index (κ1) is 21.1. The van der Waals surface area contributed by atoms with Gasteiger partial charge < -0.3 is 0 Å². The maximum absolute atomic E-state index is 12.6. The number of hydrazine groups is 1. The fourth-order valence-corrected chi connectivity index (χ4v) is 5.64. The van der Waals surface area contributed by atoms with Crippen molar-refractivity contribution in [1.82, 2.24) is 10.9 Å². The standard InChI is InChI=1S/C22H21N3O4S2/c1-14-5-2-3-7-18(14)25-31(28,29)17-11-9-15(10-12-17)21(26)23-24-22(27)20-13-16-6-4-8-19(16)30-20/h2-3,5,7,9-13,25H,4,6,8H2,1H3,(H,23,26)(H,24,27). The van der Waals surface area contributed by atoms with Gasteiger partial charge in [-0.25, -0.2) is 8.42 Å². The largest absolute Gasteiger partial charge is 0.279 e. The minimum absolute atomic E-state index is 0.0319. The Morgan fingerprint density at radius 3 is 2.35 bits per heavy atom. The minimum Gasteiger partial charge on any atom is -0.279 e. The highest BCUT2D eigenvalue weighted by atomic mass is 32.2. The van der Waals surface area contributed by atoms with Crippen LogP contribution in [0.25, 0.3) is 0 Å². The molecular formula is C22H21N3O4S2. The van der Waals surface area contributed by atoms with Gasteiger partial charge in [0.25, 0.3) is 21.8 Å². The number of para-hydroxylation sites is 1. The monoisotopic (exact) mass is 455 g/mol. The van der Waals surface area contributed by atoms with Crippen LogP contribution in [0.2, 0.25) is 0 Å². The molecule has 1 aromatic heterocycles. The van der Waals surface area contributed by atoms with E-state index in [4.69, 9.17) is 0 Å². The van der Waals surface area contributed by atoms with Crippen LogP contribution in [0.5, 0.6) is 0 Å². The van der Waals surface area contributed by atoms with Crippen LogP contribution in [0.3, 0.4) is 0 Å². The second kappa shape index (κ2) is 8.52. The average Bonchev–Trinajstić information content (AvgIpc) is 3.36. The number of sulfonamides is 1. The summed E-state index contributed by atoms with van der Waals surface area (Å²) in [5.41, 5.74) is 7.51. The predicted molar refractivity (Wildman–Crippen MR) is 120 cm³/mol. The number of aryl methyl sites for hydroxylation is 3. The third-order valence-electron chi connectivity index (χ3n) is 5.08. The van der Waals surface area contributed by atoms with Crippen molar-refractivity contribution >= 4 is 38.9 Å². The molecule has 2 aromatic carbocycles. The van der Waals surface area contributed by atoms with Crippen LogP contribution in [0, 0.1) is 6.92 Å². The van der Waals surface area contributed by atoms with E-state index in [1.54, 1.807) is 12.1 Å². The SMILES string of the molecule is Cc1ccccc1NS(=O)(=O)c1ccc(C(=O)NNC(=O)c2cc3c(s2)CCC3)cc1. The minimum atomic E-state index is -3.79. The molecule has 7 nitrogen and oxygen atoms in total. The van der Waals surface area contributed by atoms with E-state index in [0.29, 0.717) is 10.6 Å². The van der Waals surface area contributed by atoms with E-state index in [1.807, 2.05) is 25.1 Å². The maximum atomic E-state index is 12.6. The van der Waals surface area contributed by atoms with Crippen molar-refractivity contribution < 1.29 is 18.0 Å². The summed E-state index contributed by atoms with van der Waals surface area (Å²) in [4.78, 5) is 26.4. The highest BCUT2D eigenvalue weighted by Gasteiger charge is 2.19. The van der Waals surface area contributed by atoms with Crippen molar-refractivity contribution in [2.45, 2.75) is 31.1 Å². The molecule has 0 bridgehead atoms. The third kappa shape index (κ3) is 4.62. The molecule has 0 fully saturated rings. The smallest absolute Gasteiger partial charge is 0.279 e. The molecule has 3 aromatic rings. The molecular weight excluding hydrogens is 434 g/mol. The number of hydrogen-bond acceptors (Lipinski definition) is 5. The van der Waals surface area contributed by atoms with Crippen LogP contribution in [-0.4, -0.2) is 20.2 Å². The van der Waals surface area contributed by atoms with Crippen molar-refractivity contribution in [2.24, 2.45) is 0 Å². The summed E-state index contributed by atoms with van der Waals surface area (Å²) >= 11 is 1.45. The number of benzene rings is 2. The van der Waals surface area contributed by atoms with Crippen LogP contribution in [0.15, 0.2) is 59.5 Å². The van der Waals surface area contributed by atoms with Gasteiger partial charge in [0.2, 0.25) is 0 Å². The molecule has 31 heavy (non-hydrogen) atoms. The first-order chi connectivity index (χ1) is 14.8. The molecule has 3 N–H and O–H groups in total. The zero-order chi connectivity index (χ0) is 22.0. The number of anilines is 1. The zero-order valence-electron chi connectivity index (χ0n) is 16.8. The van der Waals surface area contributed by atoms with Gasteiger partial charge in [-0.05, 0) is 73.7 Å². The Balaban J connectivity index is 1.38. The summed E-state index contributed by atoms with van der Waals surface area (Å²) in [7, 11) is -3.79. The molecule has 2 amide bonds. The lowest BCUT2D eigenvalue weighted by atomic mass is 10.2. The number of fused-ring (bicyclic) bond motifs is 1. The topological polar surface area (TPSA) is 104 Å². The highest BCUT2D eigenvalue weighted by molar-refractivity contribution is 7.92. The Kier molecular flexibility index (Phi) is 5.79. The lowest BCUT2D eigenvalue weighted by Gasteiger charge is -2.11. The number of carbonyl (C=O) groups excluding carboxylic acids is 2. The predicted octanol–water partition coefficient (Wildman–Crippen LogP) is 3.42. The number of rotatable bonds is 5. The molecule has 1 aliphatic carbocycles. The lowest BCUT2D eigenvalue weighted by molar-refractivity contribution is 0.0849. The second-order valence-electron chi connectivity index (χ2n) is 7.27. The van der Waals surface area contributed by atoms with E-state index in [0.717, 1.165) is 24.8 Å². The Bertz CT molecular complexity index is 1230. The van der Waals surface area contributed by atoms with Gasteiger partial charge in [-0.3, -0.25) is 25.2 Å². The van der Waals surface area contributed by atoms with Gasteiger partial charge in [-0.1, -0.05) is 18.2 Å². The maximum Gasteiger partial charge on any atom is 0.279 e. The molecule has 0 radical (unpaired) electrons. The molecule has 4 rings (SSSR count). The Morgan fingerprint density at radius 2 is 1.65 bits per heavy atom. The van der Waals surface area contributed by atoms with E-state index in [-0.39, 0.29) is 16.4 Å². The fraction of sp³-hybridized carbons (Fsp3) is 0.182. The normalized spacial score (nSPS) is 12.8. The molecule has 0 saturated heterocycles. The van der Waals surface area contributed by atoms with Crippen LogP contribution < -0.4 is 15.6 Å². The molecule has 1 aliphatic rings. The molecule has 160 valence electrons. The number of thiophene rings is 1. The van der Waals surface area contributed by atoms with E-state index in [9.17, 15) is 18.0 Å². The van der Waals surface area contributed by atoms with Gasteiger partial charge in [-0.15, -0.1) is 11.3 Å². The summed E-state index contributed by atoms with van der Waals surface area (Å²) in [6, 6.07) is 14.4. The van der Waals surface area contributed by atoms with Gasteiger partial charge in [0.1, 0.15) is 0 Å². The van der Waals surface area contributed by atoms with E-state index in [1.165, 1.54) is 46.0 Å². The Labute approximate surface area is 184 Å². The Hall–Kier alpha value is -3.17. The first-order valence-electron chi connectivity index (χ1n) is 9.74. The van der Waals surface area contributed by atoms with Gasteiger partial charge in [0, 0.05) is 10.4 Å². The molecule has 1 heterocycles. The van der Waals surface area contributed by atoms with Gasteiger partial charge in [0.05, 0.1) is 15.5 Å². The molecule has 0 atom stereocenters. The number of amides is 2. The van der Waals surface area contributed by atoms with Crippen molar-refractivity contribution in [3.63, 3.8) is 0 Å². The van der Waals surface area contributed by atoms with Crippen molar-refractivity contribution in [3.8, 4) is 0 Å². The highest BCUT2D eigenvalue weighted by Crippen LogP contribution is 2.30. The molecule has 0 aliphatic heterocycles. The summed E-state index contributed by atoms with van der Waals surface area (Å²) in [6.45, 7) is 1.81. The number of carbonyl (C=O) groups is 2. The number of hydrogen-bond donors (Lipinski definition) is 3. The first-order valence-corrected chi connectivity index (χ1v) is 12.0. The summed E-state index contributed by atoms with van der Waals surface area (Å²) in [5, 5.41) is 0. The zero-order valence-corrected chi connectivity index (χ0v) is 18.4. The van der Waals surface area contributed by atoms with E-state index in [2.05, 4.69) is 15.6 Å². The van der Waals surface area contributed by atoms with E-state index < -0.39 is 15.9 Å². The summed E-state index contributed by atoms with van der Waals surface area (Å²) in [6.07, 6.45) is 3.10. The second-order valence-corrected chi connectivity index (χ2v) is 10.1. The fourth-order valence-electron chi connectivity index (χ4n) is 3.36. The third-order valence-corrected chi connectivity index (χ3v) is 7.69. The quantitative estimate of drug-likeness (QED) is 0.513. The van der Waals surface area contributed by atoms with Gasteiger partial charge in [0.15, 0.2) is 0 Å². The van der Waals surface area contributed by atoms with Crippen LogP contribution in [0.4, 0.5) is 5.69 Å². The molecule has 0 spiro atoms. The van der Waals surface area contributed by atoms with Crippen molar-refractivity contribution in [1.29, 1.82) is 0 Å². The van der Waals surface area contributed by atoms with Gasteiger partial charge >= 0.3 is 0 Å². The molecule has 0 saturated carbocycles. The summed E-state index contributed by atoms with van der Waals surface area (Å²) < 4.78 is 27.7. The molecule has 9 heteroatoms. The van der Waals surface area contributed by atoms with Crippen molar-refractivity contribution in [3.05, 3.63) is 81.0 Å².